The third-order valence-electron chi connectivity index (χ3n) is 1.60. The fourth-order valence-corrected chi connectivity index (χ4v) is 1.08. The van der Waals surface area contributed by atoms with Crippen molar-refractivity contribution in [2.45, 2.75) is 0 Å². The number of aryl methyl sites for hydroxylation is 1. The molecule has 12 heavy (non-hydrogen) atoms. The van der Waals surface area contributed by atoms with Gasteiger partial charge in [-0.15, -0.1) is 0 Å². The number of hydrogen-bond acceptors (Lipinski definition) is 3. The highest BCUT2D eigenvalue weighted by Crippen LogP contribution is 1.98. The van der Waals surface area contributed by atoms with Gasteiger partial charge >= 0.3 is 0 Å². The van der Waals surface area contributed by atoms with Gasteiger partial charge in [0.15, 0.2) is 19.0 Å². The number of hydrogen-bond donors (Lipinski definition) is 1. The summed E-state index contributed by atoms with van der Waals surface area (Å²) >= 11 is 0. The smallest absolute Gasteiger partial charge is 0.276 e. The molecule has 2 rings (SSSR count). The van der Waals surface area contributed by atoms with Crippen LogP contribution < -0.4 is 11.3 Å². The lowest BCUT2D eigenvalue weighted by Crippen LogP contribution is -2.24. The Labute approximate surface area is 68.9 Å². The Balaban J connectivity index is 3.03. The van der Waals surface area contributed by atoms with Crippen LogP contribution in [0.15, 0.2) is 11.1 Å². The molecule has 0 amide bonds. The fraction of sp³-hybridized carbons (Fsp3) is 0.167. The molecular weight excluding hydrogens is 155 g/mol. The summed E-state index contributed by atoms with van der Waals surface area (Å²) in [5.74, 6) is 0. The Morgan fingerprint density at radius 3 is 3.17 bits per heavy atom. The minimum absolute atomic E-state index is 0.0891. The third kappa shape index (κ3) is 0.844. The van der Waals surface area contributed by atoms with Crippen molar-refractivity contribution in [3.63, 3.8) is 0 Å². The molecule has 0 aliphatic heterocycles. The zero-order valence-corrected chi connectivity index (χ0v) is 6.40. The number of nitrogens with one attached hydrogen (secondary N) is 1. The van der Waals surface area contributed by atoms with Crippen molar-refractivity contribution in [1.82, 2.24) is 19.5 Å². The van der Waals surface area contributed by atoms with Gasteiger partial charge in [-0.05, 0) is 0 Å². The first-order chi connectivity index (χ1) is 5.68. The fourth-order valence-electron chi connectivity index (χ4n) is 1.08. The zero-order chi connectivity index (χ0) is 8.72. The lowest BCUT2D eigenvalue weighted by Gasteiger charge is -1.93. The van der Waals surface area contributed by atoms with E-state index in [-0.39, 0.29) is 11.3 Å². The van der Waals surface area contributed by atoms with Crippen LogP contribution in [-0.2, 0) is 7.05 Å². The van der Waals surface area contributed by atoms with E-state index in [1.54, 1.807) is 11.6 Å². The van der Waals surface area contributed by atoms with E-state index in [1.807, 2.05) is 0 Å². The topological polar surface area (TPSA) is 63.6 Å². The SMILES string of the molecule is [B]c1nc2ncn(C)c2c(=O)[nH]1. The van der Waals surface area contributed by atoms with Gasteiger partial charge in [0.1, 0.15) is 0 Å². The van der Waals surface area contributed by atoms with Gasteiger partial charge in [0, 0.05) is 7.05 Å². The highest BCUT2D eigenvalue weighted by molar-refractivity contribution is 6.29. The summed E-state index contributed by atoms with van der Waals surface area (Å²) in [5, 5.41) is 0. The molecule has 2 radical (unpaired) electrons. The second-order valence-electron chi connectivity index (χ2n) is 2.48. The Bertz CT molecular complexity index is 486. The minimum atomic E-state index is -0.266. The van der Waals surface area contributed by atoms with Crippen molar-refractivity contribution in [2.24, 2.45) is 7.05 Å². The minimum Gasteiger partial charge on any atom is -0.328 e. The average molecular weight is 160 g/mol. The molecule has 0 fully saturated rings. The molecule has 2 heterocycles. The van der Waals surface area contributed by atoms with Crippen LogP contribution in [-0.4, -0.2) is 27.4 Å². The van der Waals surface area contributed by atoms with E-state index in [4.69, 9.17) is 7.85 Å². The highest BCUT2D eigenvalue weighted by atomic mass is 16.1. The van der Waals surface area contributed by atoms with Crippen LogP contribution >= 0.6 is 0 Å². The number of aromatic amines is 1. The van der Waals surface area contributed by atoms with Crippen LogP contribution in [0.1, 0.15) is 0 Å². The van der Waals surface area contributed by atoms with E-state index in [9.17, 15) is 4.79 Å². The number of nitrogens with zero attached hydrogens (tertiary/aromatic N) is 3. The summed E-state index contributed by atoms with van der Waals surface area (Å²) in [4.78, 5) is 21.4. The van der Waals surface area contributed by atoms with Crippen molar-refractivity contribution < 1.29 is 0 Å². The number of fused-ring (bicyclic) bond motifs is 1. The number of imidazole rings is 1. The quantitative estimate of drug-likeness (QED) is 0.474. The number of rotatable bonds is 0. The Kier molecular flexibility index (Phi) is 1.30. The molecule has 0 aromatic carbocycles. The molecule has 0 spiro atoms. The third-order valence-corrected chi connectivity index (χ3v) is 1.60. The van der Waals surface area contributed by atoms with Gasteiger partial charge in [0.25, 0.3) is 5.56 Å². The van der Waals surface area contributed by atoms with Crippen LogP contribution in [0.3, 0.4) is 0 Å². The summed E-state index contributed by atoms with van der Waals surface area (Å²) < 4.78 is 1.60. The molecule has 0 saturated heterocycles. The highest BCUT2D eigenvalue weighted by Gasteiger charge is 2.04. The van der Waals surface area contributed by atoms with Crippen molar-refractivity contribution >= 4 is 24.7 Å². The van der Waals surface area contributed by atoms with Crippen molar-refractivity contribution in [3.05, 3.63) is 16.7 Å². The van der Waals surface area contributed by atoms with E-state index >= 15 is 0 Å². The van der Waals surface area contributed by atoms with Crippen LogP contribution in [0.5, 0.6) is 0 Å². The standard InChI is InChI=1S/C6H5BN4O/c1-11-2-8-4-3(11)5(12)10-6(7)9-4/h2H,1H3,(H,9,10,12). The maximum absolute atomic E-state index is 11.2. The zero-order valence-electron chi connectivity index (χ0n) is 6.40. The first kappa shape index (κ1) is 7.09. The molecule has 0 aliphatic carbocycles. The van der Waals surface area contributed by atoms with E-state index < -0.39 is 0 Å². The molecule has 2 aromatic rings. The van der Waals surface area contributed by atoms with E-state index in [0.29, 0.717) is 11.2 Å². The molecule has 1 N–H and O–H groups in total. The van der Waals surface area contributed by atoms with Crippen molar-refractivity contribution in [2.75, 3.05) is 0 Å². The summed E-state index contributed by atoms with van der Waals surface area (Å²) in [5.41, 5.74) is 0.631. The molecule has 0 saturated carbocycles. The summed E-state index contributed by atoms with van der Waals surface area (Å²) in [7, 11) is 7.04. The number of aromatic nitrogens is 4. The second-order valence-corrected chi connectivity index (χ2v) is 2.48. The van der Waals surface area contributed by atoms with Crippen LogP contribution in [0, 0.1) is 0 Å². The average Bonchev–Trinajstić information content (AvgIpc) is 2.31. The predicted molar refractivity (Wildman–Crippen MR) is 44.5 cm³/mol. The van der Waals surface area contributed by atoms with Gasteiger partial charge in [0.2, 0.25) is 0 Å². The predicted octanol–water partition coefficient (Wildman–Crippen LogP) is -1.55. The molecular formula is C6H5BN4O. The van der Waals surface area contributed by atoms with E-state index in [2.05, 4.69) is 15.0 Å². The summed E-state index contributed by atoms with van der Waals surface area (Å²) in [6.07, 6.45) is 1.52. The van der Waals surface area contributed by atoms with Gasteiger partial charge in [-0.25, -0.2) is 9.97 Å². The number of H-pyrrole nitrogens is 1. The Hall–Kier alpha value is -1.59. The van der Waals surface area contributed by atoms with Crippen LogP contribution in [0.4, 0.5) is 0 Å². The lowest BCUT2D eigenvalue weighted by molar-refractivity contribution is 0.939. The first-order valence-electron chi connectivity index (χ1n) is 3.35. The monoisotopic (exact) mass is 160 g/mol. The van der Waals surface area contributed by atoms with Crippen LogP contribution in [0.25, 0.3) is 11.2 Å². The summed E-state index contributed by atoms with van der Waals surface area (Å²) in [6.45, 7) is 0. The van der Waals surface area contributed by atoms with E-state index in [1.165, 1.54) is 6.33 Å². The van der Waals surface area contributed by atoms with Gasteiger partial charge in [0.05, 0.1) is 12.1 Å². The normalized spacial score (nSPS) is 10.8. The molecule has 6 heteroatoms. The van der Waals surface area contributed by atoms with E-state index in [0.717, 1.165) is 0 Å². The molecule has 58 valence electrons. The van der Waals surface area contributed by atoms with Gasteiger partial charge in [-0.3, -0.25) is 4.79 Å². The van der Waals surface area contributed by atoms with Gasteiger partial charge in [-0.2, -0.15) is 0 Å². The molecule has 2 aromatic heterocycles. The largest absolute Gasteiger partial charge is 0.328 e. The van der Waals surface area contributed by atoms with Crippen molar-refractivity contribution in [1.29, 1.82) is 0 Å². The molecule has 0 unspecified atom stereocenters. The van der Waals surface area contributed by atoms with Gasteiger partial charge in [-0.1, -0.05) is 0 Å². The Morgan fingerprint density at radius 2 is 2.42 bits per heavy atom. The van der Waals surface area contributed by atoms with Crippen LogP contribution in [0.2, 0.25) is 0 Å². The molecule has 0 atom stereocenters. The summed E-state index contributed by atoms with van der Waals surface area (Å²) in [6, 6.07) is 0. The Morgan fingerprint density at radius 1 is 1.67 bits per heavy atom. The second kappa shape index (κ2) is 2.20. The maximum atomic E-state index is 11.2. The molecule has 0 bridgehead atoms. The molecule has 0 aliphatic rings. The maximum Gasteiger partial charge on any atom is 0.276 e. The van der Waals surface area contributed by atoms with Crippen molar-refractivity contribution in [3.8, 4) is 0 Å². The molecule has 5 nitrogen and oxygen atoms in total. The first-order valence-corrected chi connectivity index (χ1v) is 3.35. The van der Waals surface area contributed by atoms with Gasteiger partial charge < -0.3 is 9.55 Å². The lowest BCUT2D eigenvalue weighted by atomic mass is 10.1.